The smallest absolute Gasteiger partial charge is 0.221 e. The Morgan fingerprint density at radius 1 is 1.12 bits per heavy atom. The summed E-state index contributed by atoms with van der Waals surface area (Å²) >= 11 is 0. The number of rotatable bonds is 10. The van der Waals surface area contributed by atoms with E-state index >= 15 is 0 Å². The van der Waals surface area contributed by atoms with Crippen LogP contribution in [0.1, 0.15) is 44.2 Å². The van der Waals surface area contributed by atoms with Crippen molar-refractivity contribution in [2.24, 2.45) is 4.99 Å². The number of aryl methyl sites for hydroxylation is 1. The van der Waals surface area contributed by atoms with Gasteiger partial charge in [0.2, 0.25) is 5.91 Å². The first kappa shape index (κ1) is 24.5. The van der Waals surface area contributed by atoms with Crippen LogP contribution in [0.5, 0.6) is 5.75 Å². The number of benzene rings is 1. The van der Waals surface area contributed by atoms with Gasteiger partial charge in [-0.2, -0.15) is 0 Å². The molecule has 0 aliphatic rings. The Hall–Kier alpha value is -1.51. The largest absolute Gasteiger partial charge is 0.493 e. The standard InChI is InChI=1S/C19H32N4O2.HI/c1-5-10-21-18(24)9-11-22-19(20-4)23-14-16-8-7-15(3)13-17(16)25-12-6-2;/h7-8,13H,5-6,9-12,14H2,1-4H3,(H,21,24)(H2,20,22,23);1H. The van der Waals surface area contributed by atoms with E-state index in [0.29, 0.717) is 32.1 Å². The second-order valence-corrected chi connectivity index (χ2v) is 5.91. The van der Waals surface area contributed by atoms with Crippen molar-refractivity contribution in [1.82, 2.24) is 16.0 Å². The van der Waals surface area contributed by atoms with Crippen LogP contribution in [-0.4, -0.2) is 38.6 Å². The summed E-state index contributed by atoms with van der Waals surface area (Å²) in [4.78, 5) is 15.8. The molecule has 26 heavy (non-hydrogen) atoms. The predicted octanol–water partition coefficient (Wildman–Crippen LogP) is 2.98. The van der Waals surface area contributed by atoms with Crippen molar-refractivity contribution in [2.45, 2.75) is 46.6 Å². The van der Waals surface area contributed by atoms with Crippen molar-refractivity contribution in [1.29, 1.82) is 0 Å². The Balaban J connectivity index is 0.00000625. The van der Waals surface area contributed by atoms with Crippen LogP contribution in [0.25, 0.3) is 0 Å². The summed E-state index contributed by atoms with van der Waals surface area (Å²) in [5.74, 6) is 1.63. The van der Waals surface area contributed by atoms with Gasteiger partial charge in [-0.15, -0.1) is 24.0 Å². The van der Waals surface area contributed by atoms with Crippen LogP contribution in [0.2, 0.25) is 0 Å². The quantitative estimate of drug-likeness (QED) is 0.276. The highest BCUT2D eigenvalue weighted by atomic mass is 127. The molecule has 1 aromatic rings. The zero-order valence-corrected chi connectivity index (χ0v) is 18.7. The van der Waals surface area contributed by atoms with Crippen LogP contribution in [0.4, 0.5) is 0 Å². The van der Waals surface area contributed by atoms with Gasteiger partial charge in [-0.25, -0.2) is 0 Å². The number of hydrogen-bond acceptors (Lipinski definition) is 3. The van der Waals surface area contributed by atoms with E-state index in [1.807, 2.05) is 6.92 Å². The summed E-state index contributed by atoms with van der Waals surface area (Å²) in [6.45, 7) is 8.77. The van der Waals surface area contributed by atoms with Crippen LogP contribution in [0.3, 0.4) is 0 Å². The number of halogens is 1. The van der Waals surface area contributed by atoms with Crippen LogP contribution in [0, 0.1) is 6.92 Å². The maximum absolute atomic E-state index is 11.6. The number of guanidine groups is 1. The molecule has 0 spiro atoms. The van der Waals surface area contributed by atoms with Crippen LogP contribution >= 0.6 is 24.0 Å². The number of carbonyl (C=O) groups excluding carboxylic acids is 1. The van der Waals surface area contributed by atoms with E-state index in [0.717, 1.165) is 30.7 Å². The van der Waals surface area contributed by atoms with Gasteiger partial charge in [0.05, 0.1) is 6.61 Å². The molecule has 0 aliphatic heterocycles. The van der Waals surface area contributed by atoms with E-state index in [2.05, 4.69) is 53.0 Å². The van der Waals surface area contributed by atoms with Gasteiger partial charge in [-0.05, 0) is 31.4 Å². The van der Waals surface area contributed by atoms with Gasteiger partial charge in [0.25, 0.3) is 0 Å². The molecule has 0 aliphatic carbocycles. The Bertz CT molecular complexity index is 564. The molecule has 0 unspecified atom stereocenters. The third kappa shape index (κ3) is 9.84. The summed E-state index contributed by atoms with van der Waals surface area (Å²) in [5, 5.41) is 9.28. The van der Waals surface area contributed by atoms with E-state index in [9.17, 15) is 4.79 Å². The van der Waals surface area contributed by atoms with Crippen molar-refractivity contribution in [3.63, 3.8) is 0 Å². The number of ether oxygens (including phenoxy) is 1. The lowest BCUT2D eigenvalue weighted by Crippen LogP contribution is -2.39. The Morgan fingerprint density at radius 2 is 1.88 bits per heavy atom. The second-order valence-electron chi connectivity index (χ2n) is 5.91. The molecule has 0 saturated heterocycles. The van der Waals surface area contributed by atoms with Crippen LogP contribution in [0.15, 0.2) is 23.2 Å². The molecule has 1 amide bonds. The number of hydrogen-bond donors (Lipinski definition) is 3. The summed E-state index contributed by atoms with van der Waals surface area (Å²) in [6.07, 6.45) is 2.35. The number of amides is 1. The molecule has 0 aromatic heterocycles. The fourth-order valence-corrected chi connectivity index (χ4v) is 2.20. The lowest BCUT2D eigenvalue weighted by molar-refractivity contribution is -0.120. The average molecular weight is 476 g/mol. The monoisotopic (exact) mass is 476 g/mol. The van der Waals surface area contributed by atoms with Crippen molar-refractivity contribution in [3.05, 3.63) is 29.3 Å². The van der Waals surface area contributed by atoms with Gasteiger partial charge in [-0.3, -0.25) is 9.79 Å². The van der Waals surface area contributed by atoms with E-state index < -0.39 is 0 Å². The van der Waals surface area contributed by atoms with Crippen molar-refractivity contribution in [2.75, 3.05) is 26.7 Å². The minimum Gasteiger partial charge on any atom is -0.493 e. The maximum Gasteiger partial charge on any atom is 0.221 e. The lowest BCUT2D eigenvalue weighted by Gasteiger charge is -2.15. The molecule has 6 nitrogen and oxygen atoms in total. The van der Waals surface area contributed by atoms with Crippen LogP contribution < -0.4 is 20.7 Å². The zero-order valence-electron chi connectivity index (χ0n) is 16.4. The summed E-state index contributed by atoms with van der Waals surface area (Å²) in [5.41, 5.74) is 2.26. The van der Waals surface area contributed by atoms with Gasteiger partial charge < -0.3 is 20.7 Å². The SMILES string of the molecule is CCCNC(=O)CCNC(=NC)NCc1ccc(C)cc1OCCC.I. The Labute approximate surface area is 174 Å². The number of aliphatic imine (C=N–C) groups is 1. The molecule has 0 bridgehead atoms. The fourth-order valence-electron chi connectivity index (χ4n) is 2.20. The summed E-state index contributed by atoms with van der Waals surface area (Å²) in [6, 6.07) is 6.20. The normalized spacial score (nSPS) is 10.7. The summed E-state index contributed by atoms with van der Waals surface area (Å²) in [7, 11) is 1.72. The Kier molecular flexibility index (Phi) is 13.8. The molecule has 0 heterocycles. The predicted molar refractivity (Wildman–Crippen MR) is 118 cm³/mol. The summed E-state index contributed by atoms with van der Waals surface area (Å²) < 4.78 is 5.83. The van der Waals surface area contributed by atoms with E-state index in [1.165, 1.54) is 5.56 Å². The van der Waals surface area contributed by atoms with Gasteiger partial charge in [0.1, 0.15) is 5.75 Å². The highest BCUT2D eigenvalue weighted by Gasteiger charge is 2.06. The second kappa shape index (κ2) is 14.6. The third-order valence-corrected chi connectivity index (χ3v) is 3.57. The van der Waals surface area contributed by atoms with E-state index in [4.69, 9.17) is 4.74 Å². The maximum atomic E-state index is 11.6. The van der Waals surface area contributed by atoms with E-state index in [-0.39, 0.29) is 29.9 Å². The molecular weight excluding hydrogens is 443 g/mol. The molecule has 1 aromatic carbocycles. The number of carbonyl (C=O) groups is 1. The average Bonchev–Trinajstić information content (AvgIpc) is 2.62. The molecule has 0 fully saturated rings. The van der Waals surface area contributed by atoms with Crippen molar-refractivity contribution < 1.29 is 9.53 Å². The topological polar surface area (TPSA) is 74.8 Å². The van der Waals surface area contributed by atoms with Gasteiger partial charge in [0.15, 0.2) is 5.96 Å². The first-order valence-corrected chi connectivity index (χ1v) is 9.04. The van der Waals surface area contributed by atoms with Gasteiger partial charge in [-0.1, -0.05) is 26.0 Å². The molecule has 7 heteroatoms. The molecule has 1 rings (SSSR count). The highest BCUT2D eigenvalue weighted by molar-refractivity contribution is 14.0. The molecule has 148 valence electrons. The fraction of sp³-hybridized carbons (Fsp3) is 0.579. The zero-order chi connectivity index (χ0) is 18.5. The number of nitrogens with one attached hydrogen (secondary N) is 3. The highest BCUT2D eigenvalue weighted by Crippen LogP contribution is 2.20. The van der Waals surface area contributed by atoms with Crippen molar-refractivity contribution in [3.8, 4) is 5.75 Å². The first-order chi connectivity index (χ1) is 12.1. The minimum absolute atomic E-state index is 0. The molecule has 3 N–H and O–H groups in total. The van der Waals surface area contributed by atoms with Crippen LogP contribution in [-0.2, 0) is 11.3 Å². The minimum atomic E-state index is 0. The number of nitrogens with zero attached hydrogens (tertiary/aromatic N) is 1. The Morgan fingerprint density at radius 3 is 2.54 bits per heavy atom. The third-order valence-electron chi connectivity index (χ3n) is 3.57. The van der Waals surface area contributed by atoms with Gasteiger partial charge in [0, 0.05) is 38.7 Å². The van der Waals surface area contributed by atoms with Crippen molar-refractivity contribution >= 4 is 35.8 Å². The van der Waals surface area contributed by atoms with E-state index in [1.54, 1.807) is 7.05 Å². The molecular formula is C19H33IN4O2. The molecule has 0 atom stereocenters. The lowest BCUT2D eigenvalue weighted by atomic mass is 10.1. The molecule has 0 saturated carbocycles. The van der Waals surface area contributed by atoms with Gasteiger partial charge >= 0.3 is 0 Å². The first-order valence-electron chi connectivity index (χ1n) is 9.04. The molecule has 0 radical (unpaired) electrons.